The van der Waals surface area contributed by atoms with E-state index in [1.807, 2.05) is 0 Å². The molecule has 130 valence electrons. The minimum atomic E-state index is -4.64. The highest BCUT2D eigenvalue weighted by atomic mass is 19.4. The Morgan fingerprint density at radius 3 is 2.32 bits per heavy atom. The molecule has 8 heteroatoms. The Hall–Kier alpha value is -1.02. The topological polar surface area (TPSA) is 61.8 Å². The Balaban J connectivity index is 2.50. The Labute approximate surface area is 128 Å². The molecule has 2 atom stereocenters. The maximum absolute atomic E-state index is 12.4. The molecule has 0 unspecified atom stereocenters. The van der Waals surface area contributed by atoms with Gasteiger partial charge in [0.15, 0.2) is 6.10 Å². The van der Waals surface area contributed by atoms with E-state index in [9.17, 15) is 18.0 Å². The van der Waals surface area contributed by atoms with Gasteiger partial charge in [-0.2, -0.15) is 13.2 Å². The number of alkyl carbamates (subject to hydrolysis) is 1. The first-order chi connectivity index (χ1) is 9.90. The smallest absolute Gasteiger partial charge is 0.415 e. The molecule has 0 radical (unpaired) electrons. The molecule has 1 amide bonds. The van der Waals surface area contributed by atoms with Crippen LogP contribution in [0.25, 0.3) is 0 Å². The highest BCUT2D eigenvalue weighted by Crippen LogP contribution is 2.35. The molecule has 5 nitrogen and oxygen atoms in total. The van der Waals surface area contributed by atoms with Crippen LogP contribution in [0.2, 0.25) is 0 Å². The van der Waals surface area contributed by atoms with E-state index in [-0.39, 0.29) is 18.5 Å². The first kappa shape index (κ1) is 19.0. The average molecular weight is 326 g/mol. The molecule has 0 heterocycles. The number of halogens is 3. The van der Waals surface area contributed by atoms with Crippen molar-refractivity contribution in [1.82, 2.24) is 10.2 Å². The summed E-state index contributed by atoms with van der Waals surface area (Å²) in [5.74, 6) is 0.236. The van der Waals surface area contributed by atoms with Gasteiger partial charge in [0.05, 0.1) is 0 Å². The lowest BCUT2D eigenvalue weighted by Gasteiger charge is -2.31. The molecule has 1 aliphatic carbocycles. The van der Waals surface area contributed by atoms with Crippen LogP contribution in [0.4, 0.5) is 18.0 Å². The lowest BCUT2D eigenvalue weighted by Crippen LogP contribution is -2.49. The van der Waals surface area contributed by atoms with Crippen molar-refractivity contribution in [3.8, 4) is 0 Å². The molecule has 0 spiro atoms. The average Bonchev–Trinajstić information content (AvgIpc) is 3.09. The lowest BCUT2D eigenvalue weighted by atomic mass is 10.1. The van der Waals surface area contributed by atoms with Crippen molar-refractivity contribution in [2.45, 2.75) is 57.5 Å². The van der Waals surface area contributed by atoms with E-state index in [2.05, 4.69) is 5.32 Å². The zero-order valence-electron chi connectivity index (χ0n) is 13.4. The van der Waals surface area contributed by atoms with Gasteiger partial charge in [0.25, 0.3) is 0 Å². The van der Waals surface area contributed by atoms with Crippen molar-refractivity contribution >= 4 is 6.09 Å². The lowest BCUT2D eigenvalue weighted by molar-refractivity contribution is -0.208. The number of rotatable bonds is 6. The molecule has 1 fully saturated rings. The molecule has 0 aliphatic heterocycles. The van der Waals surface area contributed by atoms with Gasteiger partial charge >= 0.3 is 12.3 Å². The summed E-state index contributed by atoms with van der Waals surface area (Å²) in [5, 5.41) is 11.7. The molecular weight excluding hydrogens is 301 g/mol. The largest absolute Gasteiger partial charge is 0.444 e. The van der Waals surface area contributed by atoms with E-state index in [0.717, 1.165) is 12.8 Å². The van der Waals surface area contributed by atoms with E-state index in [4.69, 9.17) is 9.84 Å². The fourth-order valence-electron chi connectivity index (χ4n) is 2.18. The summed E-state index contributed by atoms with van der Waals surface area (Å²) in [6.07, 6.45) is -5.80. The highest BCUT2D eigenvalue weighted by molar-refractivity contribution is 5.67. The number of aliphatic hydroxyl groups is 1. The zero-order chi connectivity index (χ0) is 17.1. The quantitative estimate of drug-likeness (QED) is 0.785. The molecule has 0 aromatic rings. The third-order valence-corrected chi connectivity index (χ3v) is 3.43. The zero-order valence-corrected chi connectivity index (χ0v) is 13.4. The molecule has 0 aromatic heterocycles. The maximum Gasteiger partial charge on any atom is 0.415 e. The number of carbonyl (C=O) groups excluding carboxylic acids is 1. The normalized spacial score (nSPS) is 19.0. The van der Waals surface area contributed by atoms with Crippen LogP contribution in [-0.2, 0) is 4.74 Å². The SMILES string of the molecule is CN(C[C@@H](O)C(F)(F)F)[C@H](CNC(=O)OC(C)(C)C)C1CC1. The van der Waals surface area contributed by atoms with E-state index in [1.54, 1.807) is 20.8 Å². The van der Waals surface area contributed by atoms with Gasteiger partial charge in [0, 0.05) is 19.1 Å². The van der Waals surface area contributed by atoms with Crippen molar-refractivity contribution in [2.24, 2.45) is 5.92 Å². The second kappa shape index (κ2) is 7.04. The molecule has 22 heavy (non-hydrogen) atoms. The van der Waals surface area contributed by atoms with Crippen molar-refractivity contribution in [3.05, 3.63) is 0 Å². The van der Waals surface area contributed by atoms with Crippen molar-refractivity contribution in [2.75, 3.05) is 20.1 Å². The molecule has 1 aliphatic rings. The highest BCUT2D eigenvalue weighted by Gasteiger charge is 2.41. The van der Waals surface area contributed by atoms with Crippen molar-refractivity contribution < 1.29 is 27.8 Å². The van der Waals surface area contributed by atoms with Crippen LogP contribution in [0.15, 0.2) is 0 Å². The Bertz CT molecular complexity index is 379. The van der Waals surface area contributed by atoms with Gasteiger partial charge < -0.3 is 15.2 Å². The minimum absolute atomic E-state index is 0.195. The van der Waals surface area contributed by atoms with Gasteiger partial charge in [-0.3, -0.25) is 4.90 Å². The second-order valence-corrected chi connectivity index (χ2v) is 6.78. The van der Waals surface area contributed by atoms with Gasteiger partial charge in [-0.05, 0) is 46.6 Å². The fourth-order valence-corrected chi connectivity index (χ4v) is 2.18. The van der Waals surface area contributed by atoms with Gasteiger partial charge in [-0.25, -0.2) is 4.79 Å². The number of carbonyl (C=O) groups is 1. The summed E-state index contributed by atoms with van der Waals surface area (Å²) in [5.41, 5.74) is -0.627. The summed E-state index contributed by atoms with van der Waals surface area (Å²) in [4.78, 5) is 13.1. The first-order valence-electron chi connectivity index (χ1n) is 7.32. The summed E-state index contributed by atoms with van der Waals surface area (Å²) in [6.45, 7) is 4.88. The first-order valence-corrected chi connectivity index (χ1v) is 7.32. The van der Waals surface area contributed by atoms with Gasteiger partial charge in [0.1, 0.15) is 5.60 Å². The molecule has 1 saturated carbocycles. The van der Waals surface area contributed by atoms with E-state index in [0.29, 0.717) is 0 Å². The number of hydrogen-bond acceptors (Lipinski definition) is 4. The number of alkyl halides is 3. The molecular formula is C14H25F3N2O3. The molecule has 0 bridgehead atoms. The van der Waals surface area contributed by atoms with Crippen LogP contribution in [0.5, 0.6) is 0 Å². The number of hydrogen-bond donors (Lipinski definition) is 2. The minimum Gasteiger partial charge on any atom is -0.444 e. The number of ether oxygens (including phenoxy) is 1. The monoisotopic (exact) mass is 326 g/mol. The standard InChI is InChI=1S/C14H25F3N2O3/c1-13(2,3)22-12(21)18-7-10(9-5-6-9)19(4)8-11(20)14(15,16)17/h9-11,20H,5-8H2,1-4H3,(H,18,21)/t10-,11-/m1/s1. The second-order valence-electron chi connectivity index (χ2n) is 6.78. The van der Waals surface area contributed by atoms with Crippen LogP contribution in [0, 0.1) is 5.92 Å². The predicted molar refractivity (Wildman–Crippen MR) is 75.4 cm³/mol. The number of nitrogens with one attached hydrogen (secondary N) is 1. The summed E-state index contributed by atoms with van der Waals surface area (Å²) in [6, 6.07) is -0.246. The van der Waals surface area contributed by atoms with Gasteiger partial charge in [0.2, 0.25) is 0 Å². The van der Waals surface area contributed by atoms with Crippen LogP contribution in [0.1, 0.15) is 33.6 Å². The van der Waals surface area contributed by atoms with Crippen LogP contribution >= 0.6 is 0 Å². The van der Waals surface area contributed by atoms with E-state index >= 15 is 0 Å². The third-order valence-electron chi connectivity index (χ3n) is 3.43. The van der Waals surface area contributed by atoms with Crippen molar-refractivity contribution in [3.63, 3.8) is 0 Å². The number of nitrogens with zero attached hydrogens (tertiary/aromatic N) is 1. The Kier molecular flexibility index (Phi) is 6.09. The van der Waals surface area contributed by atoms with Crippen LogP contribution in [0.3, 0.4) is 0 Å². The van der Waals surface area contributed by atoms with Crippen molar-refractivity contribution in [1.29, 1.82) is 0 Å². The van der Waals surface area contributed by atoms with E-state index in [1.165, 1.54) is 11.9 Å². The Morgan fingerprint density at radius 2 is 1.91 bits per heavy atom. The number of amides is 1. The van der Waals surface area contributed by atoms with Gasteiger partial charge in [-0.1, -0.05) is 0 Å². The number of aliphatic hydroxyl groups excluding tert-OH is 1. The molecule has 0 saturated heterocycles. The summed E-state index contributed by atoms with van der Waals surface area (Å²) in [7, 11) is 1.52. The number of likely N-dealkylation sites (N-methyl/N-ethyl adjacent to an activating group) is 1. The van der Waals surface area contributed by atoms with Crippen LogP contribution in [-0.4, -0.2) is 60.2 Å². The summed E-state index contributed by atoms with van der Waals surface area (Å²) >= 11 is 0. The molecule has 2 N–H and O–H groups in total. The predicted octanol–water partition coefficient (Wildman–Crippen LogP) is 2.14. The summed E-state index contributed by atoms with van der Waals surface area (Å²) < 4.78 is 42.4. The maximum atomic E-state index is 12.4. The Morgan fingerprint density at radius 1 is 1.36 bits per heavy atom. The van der Waals surface area contributed by atoms with Crippen LogP contribution < -0.4 is 5.32 Å². The fraction of sp³-hybridized carbons (Fsp3) is 0.929. The van der Waals surface area contributed by atoms with Gasteiger partial charge in [-0.15, -0.1) is 0 Å². The van der Waals surface area contributed by atoms with E-state index < -0.39 is 30.5 Å². The molecule has 0 aromatic carbocycles. The third kappa shape index (κ3) is 6.83. The molecule has 1 rings (SSSR count).